The molecule has 3 heterocycles. The number of hydrogen-bond acceptors (Lipinski definition) is 5. The monoisotopic (exact) mass is 434 g/mol. The van der Waals surface area contributed by atoms with Crippen LogP contribution in [0, 0.1) is 0 Å². The van der Waals surface area contributed by atoms with E-state index in [1.54, 1.807) is 36.5 Å². The molecule has 1 atom stereocenters. The summed E-state index contributed by atoms with van der Waals surface area (Å²) in [6, 6.07) is 8.18. The Morgan fingerprint density at radius 1 is 1.21 bits per heavy atom. The minimum atomic E-state index is -0.437. The molecular weight excluding hydrogens is 415 g/mol. The fourth-order valence-corrected chi connectivity index (χ4v) is 3.98. The van der Waals surface area contributed by atoms with Crippen molar-refractivity contribution in [3.05, 3.63) is 57.1 Å². The number of likely N-dealkylation sites (tertiary alicyclic amines) is 1. The zero-order valence-electron chi connectivity index (χ0n) is 15.6. The molecule has 7 nitrogen and oxygen atoms in total. The Balaban J connectivity index is 1.47. The van der Waals surface area contributed by atoms with Gasteiger partial charge in [-0.2, -0.15) is 0 Å². The molecule has 0 radical (unpaired) electrons. The van der Waals surface area contributed by atoms with E-state index in [0.717, 1.165) is 25.8 Å². The molecule has 3 aromatic rings. The fraction of sp³-hybridized carbons (Fsp3) is 0.350. The summed E-state index contributed by atoms with van der Waals surface area (Å²) in [5, 5.41) is 3.75. The van der Waals surface area contributed by atoms with Gasteiger partial charge in [0.25, 0.3) is 0 Å². The van der Waals surface area contributed by atoms with Crippen LogP contribution in [0.4, 0.5) is 5.69 Å². The molecule has 4 rings (SSSR count). The first-order valence-corrected chi connectivity index (χ1v) is 10.2. The molecule has 1 saturated heterocycles. The molecule has 1 aliphatic heterocycles. The second-order valence-corrected chi connectivity index (χ2v) is 7.82. The summed E-state index contributed by atoms with van der Waals surface area (Å²) >= 11 is 12.0. The third-order valence-corrected chi connectivity index (χ3v) is 5.88. The zero-order chi connectivity index (χ0) is 20.4. The molecule has 2 aromatic heterocycles. The first-order chi connectivity index (χ1) is 14.0. The van der Waals surface area contributed by atoms with E-state index in [2.05, 4.69) is 15.2 Å². The number of piperidine rings is 1. The molecule has 1 N–H and O–H groups in total. The van der Waals surface area contributed by atoms with Crippen molar-refractivity contribution in [2.45, 2.75) is 31.8 Å². The molecule has 1 fully saturated rings. The number of halogens is 2. The Bertz CT molecular complexity index is 1090. The number of carbonyl (C=O) groups is 1. The predicted octanol–water partition coefficient (Wildman–Crippen LogP) is 3.79. The Labute approximate surface area is 177 Å². The second kappa shape index (κ2) is 8.57. The van der Waals surface area contributed by atoms with Gasteiger partial charge in [-0.05, 0) is 49.7 Å². The van der Waals surface area contributed by atoms with Gasteiger partial charge in [0.15, 0.2) is 11.2 Å². The molecule has 0 unspecified atom stereocenters. The molecule has 0 saturated carbocycles. The summed E-state index contributed by atoms with van der Waals surface area (Å²) in [7, 11) is 0. The van der Waals surface area contributed by atoms with E-state index in [4.69, 9.17) is 27.6 Å². The first-order valence-electron chi connectivity index (χ1n) is 9.47. The van der Waals surface area contributed by atoms with Gasteiger partial charge in [-0.1, -0.05) is 29.6 Å². The molecular formula is C20H20Cl2N4O3. The van der Waals surface area contributed by atoms with Gasteiger partial charge in [0, 0.05) is 25.0 Å². The number of carbonyl (C=O) groups excluding carboxylic acids is 1. The Morgan fingerprint density at radius 2 is 2.07 bits per heavy atom. The molecule has 29 heavy (non-hydrogen) atoms. The molecule has 0 spiro atoms. The molecule has 1 aliphatic rings. The molecule has 0 aliphatic carbocycles. The summed E-state index contributed by atoms with van der Waals surface area (Å²) in [4.78, 5) is 31.4. The third kappa shape index (κ3) is 4.32. The lowest BCUT2D eigenvalue weighted by molar-refractivity contribution is -0.122. The van der Waals surface area contributed by atoms with Crippen molar-refractivity contribution in [3.63, 3.8) is 0 Å². The number of nitrogens with one attached hydrogen (secondary N) is 1. The average Bonchev–Trinajstić information content (AvgIpc) is 3.04. The number of rotatable bonds is 5. The lowest BCUT2D eigenvalue weighted by Gasteiger charge is -2.34. The van der Waals surface area contributed by atoms with Crippen molar-refractivity contribution in [1.82, 2.24) is 14.5 Å². The van der Waals surface area contributed by atoms with Gasteiger partial charge in [0.2, 0.25) is 5.91 Å². The number of pyridine rings is 1. The van der Waals surface area contributed by atoms with E-state index in [-0.39, 0.29) is 11.9 Å². The summed E-state index contributed by atoms with van der Waals surface area (Å²) in [5.74, 6) is -0.530. The Hall–Kier alpha value is -2.35. The normalized spacial score (nSPS) is 17.5. The van der Waals surface area contributed by atoms with Crippen molar-refractivity contribution in [2.24, 2.45) is 0 Å². The topological polar surface area (TPSA) is 80.4 Å². The highest BCUT2D eigenvalue weighted by atomic mass is 35.5. The fourth-order valence-electron chi connectivity index (χ4n) is 3.68. The van der Waals surface area contributed by atoms with Crippen molar-refractivity contribution < 1.29 is 9.21 Å². The largest absolute Gasteiger partial charge is 0.421 e. The average molecular weight is 435 g/mol. The van der Waals surface area contributed by atoms with Crippen molar-refractivity contribution in [1.29, 1.82) is 0 Å². The number of aromatic nitrogens is 2. The smallest absolute Gasteiger partial charge is 0.406 e. The van der Waals surface area contributed by atoms with E-state index >= 15 is 0 Å². The van der Waals surface area contributed by atoms with E-state index in [0.29, 0.717) is 40.1 Å². The van der Waals surface area contributed by atoms with Crippen LogP contribution in [0.25, 0.3) is 11.2 Å². The van der Waals surface area contributed by atoms with E-state index in [9.17, 15) is 9.59 Å². The van der Waals surface area contributed by atoms with Gasteiger partial charge in [-0.15, -0.1) is 0 Å². The molecule has 152 valence electrons. The lowest BCUT2D eigenvalue weighted by Crippen LogP contribution is -2.48. The summed E-state index contributed by atoms with van der Waals surface area (Å²) < 4.78 is 6.75. The van der Waals surface area contributed by atoms with Crippen LogP contribution in [0.2, 0.25) is 10.0 Å². The van der Waals surface area contributed by atoms with Gasteiger partial charge in [-0.25, -0.2) is 9.78 Å². The summed E-state index contributed by atoms with van der Waals surface area (Å²) in [6.07, 6.45) is 4.37. The molecule has 1 amide bonds. The van der Waals surface area contributed by atoms with E-state index in [1.165, 1.54) is 4.57 Å². The number of nitrogens with zero attached hydrogens (tertiary/aromatic N) is 3. The quantitative estimate of drug-likeness (QED) is 0.660. The maximum absolute atomic E-state index is 12.9. The number of anilines is 1. The van der Waals surface area contributed by atoms with Crippen molar-refractivity contribution >= 4 is 46.0 Å². The number of amides is 1. The first kappa shape index (κ1) is 19.9. The zero-order valence-corrected chi connectivity index (χ0v) is 17.1. The highest BCUT2D eigenvalue weighted by molar-refractivity contribution is 6.42. The van der Waals surface area contributed by atoms with Crippen LogP contribution >= 0.6 is 23.2 Å². The lowest BCUT2D eigenvalue weighted by atomic mass is 10.0. The minimum Gasteiger partial charge on any atom is -0.406 e. The van der Waals surface area contributed by atoms with Gasteiger partial charge in [-0.3, -0.25) is 14.3 Å². The molecule has 0 bridgehead atoms. The SMILES string of the molecule is O=C(Nc1ccc(Cl)c(Cl)c1)[C@@H]1CCCCN1CCn1c(=O)oc2cccnc21. The van der Waals surface area contributed by atoms with Crippen LogP contribution in [0.5, 0.6) is 0 Å². The van der Waals surface area contributed by atoms with Gasteiger partial charge < -0.3 is 9.73 Å². The highest BCUT2D eigenvalue weighted by Gasteiger charge is 2.29. The number of fused-ring (bicyclic) bond motifs is 1. The predicted molar refractivity (Wildman–Crippen MR) is 113 cm³/mol. The highest BCUT2D eigenvalue weighted by Crippen LogP contribution is 2.26. The molecule has 1 aromatic carbocycles. The van der Waals surface area contributed by atoms with Crippen LogP contribution in [0.15, 0.2) is 45.7 Å². The van der Waals surface area contributed by atoms with Crippen LogP contribution in [0.1, 0.15) is 19.3 Å². The summed E-state index contributed by atoms with van der Waals surface area (Å²) in [5.41, 5.74) is 1.59. The second-order valence-electron chi connectivity index (χ2n) is 7.01. The number of oxazole rings is 1. The standard InChI is InChI=1S/C20H20Cl2N4O3/c21-14-7-6-13(12-15(14)22)24-19(27)16-4-1-2-9-25(16)10-11-26-18-17(29-20(26)28)5-3-8-23-18/h3,5-8,12,16H,1-2,4,9-11H2,(H,24,27)/t16-/m0/s1. The number of hydrogen-bond donors (Lipinski definition) is 1. The Kier molecular flexibility index (Phi) is 5.89. The van der Waals surface area contributed by atoms with Gasteiger partial charge >= 0.3 is 5.76 Å². The van der Waals surface area contributed by atoms with Crippen LogP contribution < -0.4 is 11.1 Å². The van der Waals surface area contributed by atoms with Gasteiger partial charge in [0.1, 0.15) is 0 Å². The number of benzene rings is 1. The maximum atomic E-state index is 12.9. The minimum absolute atomic E-state index is 0.0920. The van der Waals surface area contributed by atoms with E-state index < -0.39 is 5.76 Å². The third-order valence-electron chi connectivity index (χ3n) is 5.14. The maximum Gasteiger partial charge on any atom is 0.421 e. The summed E-state index contributed by atoms with van der Waals surface area (Å²) in [6.45, 7) is 1.74. The van der Waals surface area contributed by atoms with Crippen LogP contribution in [0.3, 0.4) is 0 Å². The van der Waals surface area contributed by atoms with Crippen molar-refractivity contribution in [2.75, 3.05) is 18.4 Å². The van der Waals surface area contributed by atoms with Crippen LogP contribution in [-0.4, -0.2) is 39.5 Å². The molecule has 9 heteroatoms. The van der Waals surface area contributed by atoms with Crippen molar-refractivity contribution in [3.8, 4) is 0 Å². The van der Waals surface area contributed by atoms with Crippen LogP contribution in [-0.2, 0) is 11.3 Å². The van der Waals surface area contributed by atoms with Gasteiger partial charge in [0.05, 0.1) is 16.1 Å². The van der Waals surface area contributed by atoms with E-state index in [1.807, 2.05) is 0 Å². The Morgan fingerprint density at radius 3 is 2.90 bits per heavy atom.